The monoisotopic (exact) mass is 359 g/mol. The van der Waals surface area contributed by atoms with Crippen molar-refractivity contribution < 1.29 is 14.3 Å². The third kappa shape index (κ3) is 3.68. The van der Waals surface area contributed by atoms with Gasteiger partial charge < -0.3 is 14.8 Å². The highest BCUT2D eigenvalue weighted by atomic mass is 32.1. The molecule has 2 atom stereocenters. The molecular weight excluding hydrogens is 342 g/mol. The van der Waals surface area contributed by atoms with Crippen molar-refractivity contribution >= 4 is 22.9 Å². The SMILES string of the molecule is O=C(N[C@@H]1CCOC[C@H]1OCc1cscn1)c1cc2ncccn2n1. The molecule has 25 heavy (non-hydrogen) atoms. The second-order valence-corrected chi connectivity index (χ2v) is 6.44. The van der Waals surface area contributed by atoms with E-state index in [1.807, 2.05) is 5.38 Å². The van der Waals surface area contributed by atoms with Gasteiger partial charge in [0.2, 0.25) is 0 Å². The molecule has 1 saturated heterocycles. The molecule has 130 valence electrons. The summed E-state index contributed by atoms with van der Waals surface area (Å²) >= 11 is 1.53. The van der Waals surface area contributed by atoms with Gasteiger partial charge in [-0.2, -0.15) is 5.10 Å². The van der Waals surface area contributed by atoms with E-state index in [1.165, 1.54) is 11.3 Å². The molecule has 0 radical (unpaired) electrons. The number of aromatic nitrogens is 4. The van der Waals surface area contributed by atoms with E-state index in [0.717, 1.165) is 5.69 Å². The fourth-order valence-electron chi connectivity index (χ4n) is 2.73. The van der Waals surface area contributed by atoms with Crippen LogP contribution in [0.2, 0.25) is 0 Å². The van der Waals surface area contributed by atoms with Gasteiger partial charge in [0, 0.05) is 30.4 Å². The molecule has 3 aromatic rings. The van der Waals surface area contributed by atoms with Gasteiger partial charge in [-0.05, 0) is 12.5 Å². The molecule has 0 aliphatic carbocycles. The van der Waals surface area contributed by atoms with Crippen LogP contribution in [0.15, 0.2) is 35.4 Å². The summed E-state index contributed by atoms with van der Waals surface area (Å²) in [5.41, 5.74) is 3.62. The van der Waals surface area contributed by atoms with Gasteiger partial charge in [0.15, 0.2) is 11.3 Å². The summed E-state index contributed by atoms with van der Waals surface area (Å²) in [5, 5.41) is 9.21. The lowest BCUT2D eigenvalue weighted by Crippen LogP contribution is -2.50. The second-order valence-electron chi connectivity index (χ2n) is 5.72. The number of carbonyl (C=O) groups is 1. The molecule has 1 aliphatic rings. The van der Waals surface area contributed by atoms with Gasteiger partial charge in [-0.1, -0.05) is 0 Å². The number of hydrogen-bond acceptors (Lipinski definition) is 7. The van der Waals surface area contributed by atoms with Crippen LogP contribution in [0.3, 0.4) is 0 Å². The number of nitrogens with zero attached hydrogens (tertiary/aromatic N) is 4. The smallest absolute Gasteiger partial charge is 0.272 e. The number of rotatable bonds is 5. The standard InChI is InChI=1S/C16H17N5O3S/c22-16(13-6-15-17-3-1-4-21(15)20-13)19-12-2-5-23-8-14(12)24-7-11-9-25-10-18-11/h1,3-4,6,9-10,12,14H,2,5,7-8H2,(H,19,22)/t12-,14-/m1/s1. The van der Waals surface area contributed by atoms with Gasteiger partial charge in [0.25, 0.3) is 5.91 Å². The van der Waals surface area contributed by atoms with Crippen LogP contribution in [0, 0.1) is 0 Å². The van der Waals surface area contributed by atoms with Crippen LogP contribution in [0.5, 0.6) is 0 Å². The summed E-state index contributed by atoms with van der Waals surface area (Å²) in [5.74, 6) is -0.236. The van der Waals surface area contributed by atoms with Gasteiger partial charge in [-0.25, -0.2) is 14.5 Å². The number of fused-ring (bicyclic) bond motifs is 1. The first-order valence-electron chi connectivity index (χ1n) is 7.97. The average molecular weight is 359 g/mol. The first-order chi connectivity index (χ1) is 12.3. The van der Waals surface area contributed by atoms with Crippen LogP contribution >= 0.6 is 11.3 Å². The maximum Gasteiger partial charge on any atom is 0.272 e. The van der Waals surface area contributed by atoms with Crippen LogP contribution in [0.25, 0.3) is 5.65 Å². The van der Waals surface area contributed by atoms with E-state index in [4.69, 9.17) is 9.47 Å². The molecule has 9 heteroatoms. The Labute approximate surface area is 147 Å². The number of nitrogens with one attached hydrogen (secondary N) is 1. The van der Waals surface area contributed by atoms with Gasteiger partial charge >= 0.3 is 0 Å². The molecule has 0 spiro atoms. The lowest BCUT2D eigenvalue weighted by molar-refractivity contribution is -0.0742. The van der Waals surface area contributed by atoms with Crippen LogP contribution in [0.4, 0.5) is 0 Å². The molecular formula is C16H17N5O3S. The minimum Gasteiger partial charge on any atom is -0.379 e. The predicted molar refractivity (Wildman–Crippen MR) is 90.4 cm³/mol. The predicted octanol–water partition coefficient (Wildman–Crippen LogP) is 1.29. The van der Waals surface area contributed by atoms with Crippen molar-refractivity contribution in [2.24, 2.45) is 0 Å². The molecule has 0 saturated carbocycles. The number of ether oxygens (including phenoxy) is 2. The van der Waals surface area contributed by atoms with Gasteiger partial charge in [-0.3, -0.25) is 4.79 Å². The van der Waals surface area contributed by atoms with Gasteiger partial charge in [-0.15, -0.1) is 11.3 Å². The largest absolute Gasteiger partial charge is 0.379 e. The van der Waals surface area contributed by atoms with Crippen molar-refractivity contribution in [1.29, 1.82) is 0 Å². The Morgan fingerprint density at radius 1 is 1.48 bits per heavy atom. The fourth-order valence-corrected chi connectivity index (χ4v) is 3.27. The van der Waals surface area contributed by atoms with Crippen LogP contribution in [-0.2, 0) is 16.1 Å². The van der Waals surface area contributed by atoms with Crippen molar-refractivity contribution in [3.63, 3.8) is 0 Å². The summed E-state index contributed by atoms with van der Waals surface area (Å²) in [6.07, 6.45) is 3.90. The zero-order valence-corrected chi connectivity index (χ0v) is 14.2. The Hall–Kier alpha value is -2.36. The first-order valence-corrected chi connectivity index (χ1v) is 8.91. The van der Waals surface area contributed by atoms with Crippen LogP contribution < -0.4 is 5.32 Å². The summed E-state index contributed by atoms with van der Waals surface area (Å²) in [6.45, 7) is 1.44. The highest BCUT2D eigenvalue weighted by molar-refractivity contribution is 7.07. The molecule has 1 aliphatic heterocycles. The lowest BCUT2D eigenvalue weighted by Gasteiger charge is -2.31. The summed E-state index contributed by atoms with van der Waals surface area (Å²) in [4.78, 5) is 20.9. The summed E-state index contributed by atoms with van der Waals surface area (Å²) in [6, 6.07) is 3.31. The maximum absolute atomic E-state index is 12.5. The zero-order chi connectivity index (χ0) is 17.1. The first kappa shape index (κ1) is 16.1. The third-order valence-electron chi connectivity index (χ3n) is 4.02. The van der Waals surface area contributed by atoms with E-state index in [-0.39, 0.29) is 18.1 Å². The third-order valence-corrected chi connectivity index (χ3v) is 4.65. The van der Waals surface area contributed by atoms with E-state index < -0.39 is 0 Å². The Morgan fingerprint density at radius 2 is 2.44 bits per heavy atom. The highest BCUT2D eigenvalue weighted by Crippen LogP contribution is 2.15. The summed E-state index contributed by atoms with van der Waals surface area (Å²) < 4.78 is 13.0. The van der Waals surface area contributed by atoms with E-state index >= 15 is 0 Å². The molecule has 3 aromatic heterocycles. The fraction of sp³-hybridized carbons (Fsp3) is 0.375. The number of carbonyl (C=O) groups excluding carboxylic acids is 1. The molecule has 1 amide bonds. The van der Waals surface area contributed by atoms with Crippen LogP contribution in [-0.4, -0.2) is 50.8 Å². The Morgan fingerprint density at radius 3 is 3.28 bits per heavy atom. The van der Waals surface area contributed by atoms with Crippen LogP contribution in [0.1, 0.15) is 22.6 Å². The lowest BCUT2D eigenvalue weighted by atomic mass is 10.1. The molecule has 0 aromatic carbocycles. The molecule has 1 N–H and O–H groups in total. The Bertz CT molecular complexity index is 817. The zero-order valence-electron chi connectivity index (χ0n) is 13.4. The van der Waals surface area contributed by atoms with Gasteiger partial charge in [0.1, 0.15) is 6.10 Å². The normalized spacial score (nSPS) is 20.6. The van der Waals surface area contributed by atoms with E-state index in [9.17, 15) is 4.79 Å². The molecule has 4 rings (SSSR count). The Balaban J connectivity index is 1.42. The number of thiazole rings is 1. The number of hydrogen-bond donors (Lipinski definition) is 1. The topological polar surface area (TPSA) is 90.6 Å². The molecule has 8 nitrogen and oxygen atoms in total. The minimum absolute atomic E-state index is 0.127. The maximum atomic E-state index is 12.5. The molecule has 0 bridgehead atoms. The second kappa shape index (κ2) is 7.26. The van der Waals surface area contributed by atoms with Gasteiger partial charge in [0.05, 0.1) is 30.5 Å². The molecule has 1 fully saturated rings. The van der Waals surface area contributed by atoms with Crippen molar-refractivity contribution in [3.8, 4) is 0 Å². The van der Waals surface area contributed by atoms with Crippen molar-refractivity contribution in [1.82, 2.24) is 24.9 Å². The van der Waals surface area contributed by atoms with Crippen molar-refractivity contribution in [2.75, 3.05) is 13.2 Å². The molecule has 0 unspecified atom stereocenters. The highest BCUT2D eigenvalue weighted by Gasteiger charge is 2.29. The van der Waals surface area contributed by atoms with E-state index in [2.05, 4.69) is 20.4 Å². The quantitative estimate of drug-likeness (QED) is 0.738. The van der Waals surface area contributed by atoms with Crippen molar-refractivity contribution in [3.05, 3.63) is 46.8 Å². The van der Waals surface area contributed by atoms with E-state index in [1.54, 1.807) is 34.6 Å². The number of amides is 1. The minimum atomic E-state index is -0.236. The molecule has 4 heterocycles. The summed E-state index contributed by atoms with van der Waals surface area (Å²) in [7, 11) is 0. The average Bonchev–Trinajstić information content (AvgIpc) is 3.30. The Kier molecular flexibility index (Phi) is 4.68. The van der Waals surface area contributed by atoms with E-state index in [0.29, 0.717) is 37.6 Å². The van der Waals surface area contributed by atoms with Crippen molar-refractivity contribution in [2.45, 2.75) is 25.2 Å².